The van der Waals surface area contributed by atoms with Crippen molar-refractivity contribution in [3.8, 4) is 0 Å². The van der Waals surface area contributed by atoms with Gasteiger partial charge in [0, 0.05) is 42.9 Å². The molecule has 0 radical (unpaired) electrons. The molecule has 1 unspecified atom stereocenters. The number of hydrogen-bond donors (Lipinski definition) is 2. The predicted octanol–water partition coefficient (Wildman–Crippen LogP) is 3.31. The number of nitrogens with one attached hydrogen (secondary N) is 2. The molecular weight excluding hydrogens is 350 g/mol. The lowest BCUT2D eigenvalue weighted by molar-refractivity contribution is 0.0706. The van der Waals surface area contributed by atoms with Gasteiger partial charge in [-0.15, -0.1) is 0 Å². The minimum Gasteiger partial charge on any atom is -0.361 e. The Kier molecular flexibility index (Phi) is 4.64. The van der Waals surface area contributed by atoms with E-state index in [1.54, 1.807) is 0 Å². The van der Waals surface area contributed by atoms with Gasteiger partial charge in [0.1, 0.15) is 5.69 Å². The first-order valence-corrected chi connectivity index (χ1v) is 10.4. The summed E-state index contributed by atoms with van der Waals surface area (Å²) in [5.74, 6) is 0.575. The van der Waals surface area contributed by atoms with Gasteiger partial charge in [0.2, 0.25) is 0 Å². The van der Waals surface area contributed by atoms with Crippen LogP contribution in [0.4, 0.5) is 0 Å². The molecule has 2 aliphatic heterocycles. The van der Waals surface area contributed by atoms with Crippen LogP contribution in [0.15, 0.2) is 42.7 Å². The number of fused-ring (bicyclic) bond motifs is 1. The first kappa shape index (κ1) is 17.5. The molecule has 5 rings (SSSR count). The number of amides is 1. The molecule has 2 fully saturated rings. The Hall–Kier alpha value is -2.60. The molecule has 2 aliphatic rings. The standard InChI is InChI=1S/C22H27N5O/c28-22(21-9-13-27(25-21)17-4-3-10-23-14-17)26-11-7-16(8-12-26)19-15-24-20-6-2-1-5-18(19)20/h1-2,5-6,9,13,15-17,23-24H,3-4,7-8,10-12,14H2. The Morgan fingerprint density at radius 3 is 2.79 bits per heavy atom. The van der Waals surface area contributed by atoms with Crippen molar-refractivity contribution in [2.24, 2.45) is 0 Å². The molecule has 0 bridgehead atoms. The molecule has 0 saturated carbocycles. The molecule has 28 heavy (non-hydrogen) atoms. The van der Waals surface area contributed by atoms with E-state index >= 15 is 0 Å². The third-order valence-electron chi connectivity index (χ3n) is 6.32. The van der Waals surface area contributed by atoms with E-state index in [1.165, 1.54) is 16.5 Å². The molecule has 6 heteroatoms. The fraction of sp³-hybridized carbons (Fsp3) is 0.455. The highest BCUT2D eigenvalue weighted by Gasteiger charge is 2.27. The van der Waals surface area contributed by atoms with Crippen LogP contribution in [0, 0.1) is 0 Å². The van der Waals surface area contributed by atoms with Gasteiger partial charge < -0.3 is 15.2 Å². The highest BCUT2D eigenvalue weighted by atomic mass is 16.2. The molecule has 6 nitrogen and oxygen atoms in total. The van der Waals surface area contributed by atoms with Gasteiger partial charge in [-0.25, -0.2) is 0 Å². The quantitative estimate of drug-likeness (QED) is 0.736. The monoisotopic (exact) mass is 377 g/mol. The van der Waals surface area contributed by atoms with Crippen molar-refractivity contribution in [1.29, 1.82) is 0 Å². The second-order valence-electron chi connectivity index (χ2n) is 8.04. The van der Waals surface area contributed by atoms with E-state index in [1.807, 2.05) is 21.8 Å². The fourth-order valence-corrected chi connectivity index (χ4v) is 4.70. The van der Waals surface area contributed by atoms with Crippen LogP contribution >= 0.6 is 0 Å². The van der Waals surface area contributed by atoms with Crippen LogP contribution in [0.25, 0.3) is 10.9 Å². The SMILES string of the molecule is O=C(c1ccn(C2CCCNC2)n1)N1CCC(c2c[nH]c3ccccc23)CC1. The fourth-order valence-electron chi connectivity index (χ4n) is 4.70. The van der Waals surface area contributed by atoms with Crippen molar-refractivity contribution < 1.29 is 4.79 Å². The topological polar surface area (TPSA) is 66.0 Å². The lowest BCUT2D eigenvalue weighted by atomic mass is 9.89. The number of rotatable bonds is 3. The summed E-state index contributed by atoms with van der Waals surface area (Å²) in [6.45, 7) is 3.60. The number of benzene rings is 1. The smallest absolute Gasteiger partial charge is 0.274 e. The molecule has 1 aromatic carbocycles. The Balaban J connectivity index is 1.24. The van der Waals surface area contributed by atoms with Crippen molar-refractivity contribution >= 4 is 16.8 Å². The Morgan fingerprint density at radius 1 is 1.11 bits per heavy atom. The first-order chi connectivity index (χ1) is 13.8. The van der Waals surface area contributed by atoms with Gasteiger partial charge in [-0.1, -0.05) is 18.2 Å². The average molecular weight is 377 g/mol. The van der Waals surface area contributed by atoms with E-state index in [9.17, 15) is 4.79 Å². The van der Waals surface area contributed by atoms with Gasteiger partial charge in [0.25, 0.3) is 5.91 Å². The minimum atomic E-state index is 0.0693. The van der Waals surface area contributed by atoms with Gasteiger partial charge >= 0.3 is 0 Å². The summed E-state index contributed by atoms with van der Waals surface area (Å²) in [4.78, 5) is 18.3. The van der Waals surface area contributed by atoms with Crippen LogP contribution < -0.4 is 5.32 Å². The van der Waals surface area contributed by atoms with Crippen molar-refractivity contribution in [3.63, 3.8) is 0 Å². The number of hydrogen-bond acceptors (Lipinski definition) is 3. The molecule has 4 heterocycles. The summed E-state index contributed by atoms with van der Waals surface area (Å²) in [5, 5.41) is 9.32. The summed E-state index contributed by atoms with van der Waals surface area (Å²) in [6, 6.07) is 10.7. The number of aromatic nitrogens is 3. The Morgan fingerprint density at radius 2 is 1.96 bits per heavy atom. The van der Waals surface area contributed by atoms with E-state index in [4.69, 9.17) is 0 Å². The normalized spacial score (nSPS) is 21.3. The molecular formula is C22H27N5O. The lowest BCUT2D eigenvalue weighted by Crippen LogP contribution is -2.38. The van der Waals surface area contributed by atoms with Crippen LogP contribution in [0.2, 0.25) is 0 Å². The summed E-state index contributed by atoms with van der Waals surface area (Å²) >= 11 is 0. The number of para-hydroxylation sites is 1. The zero-order chi connectivity index (χ0) is 18.9. The molecule has 0 spiro atoms. The third-order valence-corrected chi connectivity index (χ3v) is 6.32. The number of carbonyl (C=O) groups is 1. The van der Waals surface area contributed by atoms with Crippen molar-refractivity contribution in [1.82, 2.24) is 25.0 Å². The van der Waals surface area contributed by atoms with Crippen molar-refractivity contribution in [2.75, 3.05) is 26.2 Å². The molecule has 1 amide bonds. The minimum absolute atomic E-state index is 0.0693. The van der Waals surface area contributed by atoms with Crippen LogP contribution in [-0.2, 0) is 0 Å². The number of likely N-dealkylation sites (tertiary alicyclic amines) is 1. The molecule has 0 aliphatic carbocycles. The van der Waals surface area contributed by atoms with Crippen LogP contribution in [0.5, 0.6) is 0 Å². The molecule has 2 saturated heterocycles. The van der Waals surface area contributed by atoms with Crippen molar-refractivity contribution in [3.05, 3.63) is 54.0 Å². The number of carbonyl (C=O) groups excluding carboxylic acids is 1. The maximum atomic E-state index is 12.9. The van der Waals surface area contributed by atoms with Crippen LogP contribution in [-0.4, -0.2) is 51.8 Å². The summed E-state index contributed by atoms with van der Waals surface area (Å²) in [6.07, 6.45) is 8.39. The summed E-state index contributed by atoms with van der Waals surface area (Å²) < 4.78 is 1.97. The molecule has 2 aromatic heterocycles. The second-order valence-corrected chi connectivity index (χ2v) is 8.04. The number of piperidine rings is 2. The molecule has 1 atom stereocenters. The van der Waals surface area contributed by atoms with E-state index in [0.717, 1.165) is 51.9 Å². The Bertz CT molecular complexity index is 960. The zero-order valence-corrected chi connectivity index (χ0v) is 16.1. The van der Waals surface area contributed by atoms with Gasteiger partial charge in [-0.2, -0.15) is 5.10 Å². The molecule has 2 N–H and O–H groups in total. The number of aromatic amines is 1. The highest BCUT2D eigenvalue weighted by molar-refractivity contribution is 5.92. The van der Waals surface area contributed by atoms with E-state index in [2.05, 4.69) is 45.9 Å². The zero-order valence-electron chi connectivity index (χ0n) is 16.1. The van der Waals surface area contributed by atoms with Gasteiger partial charge in [-0.05, 0) is 55.8 Å². The van der Waals surface area contributed by atoms with Gasteiger partial charge in [0.05, 0.1) is 6.04 Å². The summed E-state index contributed by atoms with van der Waals surface area (Å²) in [5.41, 5.74) is 3.16. The maximum absolute atomic E-state index is 12.9. The van der Waals surface area contributed by atoms with Crippen LogP contribution in [0.3, 0.4) is 0 Å². The highest BCUT2D eigenvalue weighted by Crippen LogP contribution is 2.33. The van der Waals surface area contributed by atoms with Crippen molar-refractivity contribution in [2.45, 2.75) is 37.6 Å². The first-order valence-electron chi connectivity index (χ1n) is 10.4. The third kappa shape index (κ3) is 3.22. The predicted molar refractivity (Wildman–Crippen MR) is 110 cm³/mol. The van der Waals surface area contributed by atoms with Gasteiger partial charge in [0.15, 0.2) is 0 Å². The van der Waals surface area contributed by atoms with Gasteiger partial charge in [-0.3, -0.25) is 9.48 Å². The number of H-pyrrole nitrogens is 1. The van der Waals surface area contributed by atoms with E-state index in [-0.39, 0.29) is 5.91 Å². The molecule has 146 valence electrons. The van der Waals surface area contributed by atoms with Crippen LogP contribution in [0.1, 0.15) is 53.7 Å². The number of nitrogens with zero attached hydrogens (tertiary/aromatic N) is 3. The molecule has 3 aromatic rings. The maximum Gasteiger partial charge on any atom is 0.274 e. The van der Waals surface area contributed by atoms with E-state index < -0.39 is 0 Å². The Labute approximate surface area is 164 Å². The lowest BCUT2D eigenvalue weighted by Gasteiger charge is -2.31. The van der Waals surface area contributed by atoms with E-state index in [0.29, 0.717) is 17.7 Å². The summed E-state index contributed by atoms with van der Waals surface area (Å²) in [7, 11) is 0. The largest absolute Gasteiger partial charge is 0.361 e. The second kappa shape index (κ2) is 7.43. The average Bonchev–Trinajstić information content (AvgIpc) is 3.42.